The van der Waals surface area contributed by atoms with Crippen molar-refractivity contribution < 1.29 is 22.4 Å². The molecule has 4 N–H and O–H groups in total. The van der Waals surface area contributed by atoms with Gasteiger partial charge in [-0.15, -0.1) is 0 Å². The molecule has 0 spiro atoms. The average molecular weight is 523 g/mol. The maximum Gasteiger partial charge on any atom is 0.416 e. The Morgan fingerprint density at radius 1 is 1.17 bits per heavy atom. The molecule has 12 heteroatoms. The van der Waals surface area contributed by atoms with E-state index in [0.29, 0.717) is 11.6 Å². The van der Waals surface area contributed by atoms with Gasteiger partial charge in [-0.05, 0) is 55.1 Å². The molecule has 1 unspecified atom stereocenters. The molecule has 0 saturated carbocycles. The summed E-state index contributed by atoms with van der Waals surface area (Å²) in [5, 5.41) is -0.271. The number of carbonyl (C=O) groups is 1. The lowest BCUT2D eigenvalue weighted by Gasteiger charge is -2.29. The van der Waals surface area contributed by atoms with E-state index in [-0.39, 0.29) is 28.8 Å². The maximum atomic E-state index is 13.5. The van der Waals surface area contributed by atoms with Crippen molar-refractivity contribution in [2.75, 3.05) is 0 Å². The molecule has 1 amide bonds. The Bertz CT molecular complexity index is 1210. The highest BCUT2D eigenvalue weighted by Crippen LogP contribution is 2.32. The van der Waals surface area contributed by atoms with Gasteiger partial charge >= 0.3 is 6.18 Å². The Hall–Kier alpha value is -3.99. The van der Waals surface area contributed by atoms with Crippen LogP contribution >= 0.6 is 11.6 Å². The van der Waals surface area contributed by atoms with E-state index in [1.54, 1.807) is 6.92 Å². The Morgan fingerprint density at radius 3 is 2.42 bits per heavy atom. The first kappa shape index (κ1) is 28.2. The van der Waals surface area contributed by atoms with Crippen LogP contribution in [0.2, 0.25) is 5.02 Å². The first-order valence-corrected chi connectivity index (χ1v) is 10.7. The minimum absolute atomic E-state index is 0.00292. The topological polar surface area (TPSA) is 109 Å². The molecule has 0 saturated heterocycles. The van der Waals surface area contributed by atoms with Crippen LogP contribution in [0.15, 0.2) is 82.1 Å². The van der Waals surface area contributed by atoms with Crippen LogP contribution in [-0.2, 0) is 12.7 Å². The monoisotopic (exact) mass is 522 g/mol. The van der Waals surface area contributed by atoms with Crippen molar-refractivity contribution in [2.45, 2.75) is 25.7 Å². The number of hydrogen-bond acceptors (Lipinski definition) is 4. The van der Waals surface area contributed by atoms with Crippen molar-refractivity contribution in [2.24, 2.45) is 26.4 Å². The Labute approximate surface area is 210 Å². The van der Waals surface area contributed by atoms with Crippen LogP contribution in [0.3, 0.4) is 0 Å². The molecule has 0 aliphatic carbocycles. The molecule has 0 bridgehead atoms. The molecule has 190 valence electrons. The minimum atomic E-state index is -4.72. The van der Waals surface area contributed by atoms with E-state index in [2.05, 4.69) is 21.6 Å². The first-order chi connectivity index (χ1) is 17.0. The second-order valence-electron chi connectivity index (χ2n) is 7.29. The lowest BCUT2D eigenvalue weighted by atomic mass is 10.1. The van der Waals surface area contributed by atoms with Crippen LogP contribution < -0.4 is 11.5 Å². The number of alkyl halides is 3. The van der Waals surface area contributed by atoms with Gasteiger partial charge in [-0.2, -0.15) is 13.2 Å². The lowest BCUT2D eigenvalue weighted by Crippen LogP contribution is -2.42. The van der Waals surface area contributed by atoms with Gasteiger partial charge in [0.25, 0.3) is 5.91 Å². The first-order valence-electron chi connectivity index (χ1n) is 10.3. The second kappa shape index (κ2) is 12.6. The molecule has 2 aromatic carbocycles. The summed E-state index contributed by atoms with van der Waals surface area (Å²) in [4.78, 5) is 26.8. The Kier molecular flexibility index (Phi) is 9.92. The lowest BCUT2D eigenvalue weighted by molar-refractivity contribution is -0.137. The summed E-state index contributed by atoms with van der Waals surface area (Å²) in [7, 11) is 0. The minimum Gasteiger partial charge on any atom is -0.405 e. The average Bonchev–Trinajstić information content (AvgIpc) is 2.82. The summed E-state index contributed by atoms with van der Waals surface area (Å²) < 4.78 is 53.5. The molecule has 7 nitrogen and oxygen atoms in total. The number of carbonyl (C=O) groups excluding carboxylic acids is 1. The Morgan fingerprint density at radius 2 is 1.83 bits per heavy atom. The molecule has 2 aromatic rings. The van der Waals surface area contributed by atoms with Crippen molar-refractivity contribution in [1.82, 2.24) is 4.90 Å². The van der Waals surface area contributed by atoms with Gasteiger partial charge in [0.05, 0.1) is 17.9 Å². The van der Waals surface area contributed by atoms with Crippen LogP contribution in [0.5, 0.6) is 0 Å². The summed E-state index contributed by atoms with van der Waals surface area (Å²) in [6.07, 6.45) is 0.209. The zero-order chi connectivity index (χ0) is 26.9. The molecule has 36 heavy (non-hydrogen) atoms. The van der Waals surface area contributed by atoms with Crippen LogP contribution in [-0.4, -0.2) is 35.2 Å². The highest BCUT2D eigenvalue weighted by atomic mass is 35.5. The molecular formula is C24H23ClF4N6O. The van der Waals surface area contributed by atoms with Crippen LogP contribution in [0.4, 0.5) is 17.6 Å². The quantitative estimate of drug-likeness (QED) is 0.291. The summed E-state index contributed by atoms with van der Waals surface area (Å²) in [6, 6.07) is 6.86. The molecule has 1 atom stereocenters. The predicted molar refractivity (Wildman–Crippen MR) is 133 cm³/mol. The standard InChI is InChI=1S/C24H23ClF4N6O/c1-15(22(33-14-31)34-16(2)32-9-3-8-30)35(13-17-4-6-21(26)7-5-17)23(36)18-10-19(24(27,28)29)12-20(25)11-18/h3-12,14-15H,2,13,30H2,1H3,(H2,31,33,34)/b8-3-,32-9?. The number of aliphatic imine (C=N–C) groups is 3. The third-order valence-electron chi connectivity index (χ3n) is 4.71. The number of amides is 1. The number of nitrogens with zero attached hydrogens (tertiary/aromatic N) is 4. The van der Waals surface area contributed by atoms with E-state index in [0.717, 1.165) is 18.5 Å². The van der Waals surface area contributed by atoms with Gasteiger partial charge in [0, 0.05) is 23.3 Å². The number of hydrogen-bond donors (Lipinski definition) is 2. The summed E-state index contributed by atoms with van der Waals surface area (Å²) in [5.41, 5.74) is 9.79. The van der Waals surface area contributed by atoms with Crippen LogP contribution in [0.25, 0.3) is 0 Å². The number of benzene rings is 2. The van der Waals surface area contributed by atoms with Crippen molar-refractivity contribution in [3.63, 3.8) is 0 Å². The van der Waals surface area contributed by atoms with Gasteiger partial charge in [0.2, 0.25) is 0 Å². The fourth-order valence-corrected chi connectivity index (χ4v) is 3.23. The normalized spacial score (nSPS) is 13.6. The molecule has 2 rings (SSSR count). The maximum absolute atomic E-state index is 13.5. The molecule has 0 radical (unpaired) electrons. The Balaban J connectivity index is 2.57. The third kappa shape index (κ3) is 8.05. The van der Waals surface area contributed by atoms with E-state index in [9.17, 15) is 22.4 Å². The summed E-state index contributed by atoms with van der Waals surface area (Å²) in [5.74, 6) is -1.31. The number of nitrogens with two attached hydrogens (primary N) is 2. The summed E-state index contributed by atoms with van der Waals surface area (Å²) >= 11 is 5.89. The number of allylic oxidation sites excluding steroid dienone is 1. The molecule has 0 aliphatic rings. The second-order valence-corrected chi connectivity index (χ2v) is 7.73. The number of halogens is 5. The van der Waals surface area contributed by atoms with Crippen molar-refractivity contribution >= 4 is 35.9 Å². The number of rotatable bonds is 8. The molecule has 0 fully saturated rings. The predicted octanol–water partition coefficient (Wildman–Crippen LogP) is 4.93. The van der Waals surface area contributed by atoms with E-state index in [1.165, 1.54) is 47.7 Å². The van der Waals surface area contributed by atoms with Gasteiger partial charge in [-0.3, -0.25) is 4.79 Å². The summed E-state index contributed by atoms with van der Waals surface area (Å²) in [6.45, 7) is 5.09. The van der Waals surface area contributed by atoms with E-state index in [1.807, 2.05) is 0 Å². The van der Waals surface area contributed by atoms with E-state index in [4.69, 9.17) is 23.1 Å². The third-order valence-corrected chi connectivity index (χ3v) is 4.93. The zero-order valence-electron chi connectivity index (χ0n) is 19.1. The van der Waals surface area contributed by atoms with Crippen LogP contribution in [0.1, 0.15) is 28.4 Å². The highest BCUT2D eigenvalue weighted by Gasteiger charge is 2.33. The number of amidine groups is 1. The fraction of sp³-hybridized carbons (Fsp3) is 0.167. The van der Waals surface area contributed by atoms with Crippen molar-refractivity contribution in [3.8, 4) is 0 Å². The molecule has 0 heterocycles. The zero-order valence-corrected chi connectivity index (χ0v) is 19.8. The van der Waals surface area contributed by atoms with Gasteiger partial charge in [0.15, 0.2) is 5.84 Å². The van der Waals surface area contributed by atoms with Crippen molar-refractivity contribution in [3.05, 3.63) is 94.7 Å². The van der Waals surface area contributed by atoms with Gasteiger partial charge in [0.1, 0.15) is 11.6 Å². The molecular weight excluding hydrogens is 500 g/mol. The van der Waals surface area contributed by atoms with Gasteiger partial charge in [-0.1, -0.05) is 30.3 Å². The van der Waals surface area contributed by atoms with E-state index >= 15 is 0 Å². The largest absolute Gasteiger partial charge is 0.416 e. The SMILES string of the molecule is C=C(N=C/C=C\N)N=C(N=CN)C(C)N(Cc1ccc(F)cc1)C(=O)c1cc(Cl)cc(C(F)(F)F)c1. The van der Waals surface area contributed by atoms with Crippen molar-refractivity contribution in [1.29, 1.82) is 0 Å². The smallest absolute Gasteiger partial charge is 0.405 e. The molecule has 0 aliphatic heterocycles. The van der Waals surface area contributed by atoms with Crippen LogP contribution in [0, 0.1) is 5.82 Å². The highest BCUT2D eigenvalue weighted by molar-refractivity contribution is 6.31. The van der Waals surface area contributed by atoms with E-state index < -0.39 is 29.5 Å². The van der Waals surface area contributed by atoms with Gasteiger partial charge < -0.3 is 16.4 Å². The fourth-order valence-electron chi connectivity index (χ4n) is 3.00. The molecule has 0 aromatic heterocycles. The van der Waals surface area contributed by atoms with Gasteiger partial charge in [-0.25, -0.2) is 19.4 Å².